The Bertz CT molecular complexity index is 475. The molecule has 1 unspecified atom stereocenters. The molecule has 0 radical (unpaired) electrons. The number of nitrogens with zero attached hydrogens (tertiary/aromatic N) is 1. The fraction of sp³-hybridized carbons (Fsp3) is 0.286. The zero-order chi connectivity index (χ0) is 12.4. The van der Waals surface area contributed by atoms with Crippen LogP contribution in [-0.4, -0.2) is 18.0 Å². The molecule has 0 aromatic heterocycles. The molecule has 2 rings (SSSR count). The van der Waals surface area contributed by atoms with E-state index in [-0.39, 0.29) is 0 Å². The van der Waals surface area contributed by atoms with Gasteiger partial charge in [-0.2, -0.15) is 0 Å². The molecule has 0 N–H and O–H groups in total. The number of thioether (sulfide) groups is 1. The summed E-state index contributed by atoms with van der Waals surface area (Å²) in [6.07, 6.45) is 4.52. The monoisotopic (exact) mass is 357 g/mol. The molecule has 1 aliphatic heterocycles. The fourth-order valence-corrected chi connectivity index (χ4v) is 3.04. The summed E-state index contributed by atoms with van der Waals surface area (Å²) in [6.45, 7) is 2.21. The van der Waals surface area contributed by atoms with Crippen molar-refractivity contribution in [2.45, 2.75) is 15.7 Å². The molecule has 1 aromatic rings. The molecule has 0 spiro atoms. The highest BCUT2D eigenvalue weighted by Crippen LogP contribution is 2.37. The van der Waals surface area contributed by atoms with E-state index in [9.17, 15) is 0 Å². The fourth-order valence-electron chi connectivity index (χ4n) is 1.79. The number of hydrogen-bond donors (Lipinski definition) is 0. The molecule has 1 heterocycles. The van der Waals surface area contributed by atoms with Crippen molar-refractivity contribution in [3.63, 3.8) is 0 Å². The maximum Gasteiger partial charge on any atom is 0.0372 e. The zero-order valence-corrected chi connectivity index (χ0v) is 13.2. The first kappa shape index (κ1) is 13.0. The lowest BCUT2D eigenvalue weighted by Gasteiger charge is -2.18. The van der Waals surface area contributed by atoms with Crippen LogP contribution in [-0.2, 0) is 0 Å². The van der Waals surface area contributed by atoms with Gasteiger partial charge in [0.25, 0.3) is 0 Å². The molecular formula is C14H16INS. The van der Waals surface area contributed by atoms with Gasteiger partial charge in [0, 0.05) is 28.6 Å². The number of alkyl halides is 1. The van der Waals surface area contributed by atoms with E-state index < -0.39 is 0 Å². The van der Waals surface area contributed by atoms with Crippen molar-refractivity contribution in [3.05, 3.63) is 41.3 Å². The molecule has 1 nitrogen and oxygen atoms in total. The minimum absolute atomic E-state index is 0.553. The highest BCUT2D eigenvalue weighted by atomic mass is 127. The van der Waals surface area contributed by atoms with Gasteiger partial charge in [-0.3, -0.25) is 0 Å². The molecule has 3 heteroatoms. The Morgan fingerprint density at radius 3 is 2.76 bits per heavy atom. The Balaban J connectivity index is 2.43. The Kier molecular flexibility index (Phi) is 4.20. The molecule has 1 aliphatic rings. The van der Waals surface area contributed by atoms with E-state index in [1.807, 2.05) is 0 Å². The lowest BCUT2D eigenvalue weighted by atomic mass is 10.0. The summed E-state index contributed by atoms with van der Waals surface area (Å²) in [5.74, 6) is 0. The van der Waals surface area contributed by atoms with Crippen molar-refractivity contribution in [2.75, 3.05) is 19.0 Å². The van der Waals surface area contributed by atoms with Crippen LogP contribution in [0.2, 0.25) is 0 Å². The first-order valence-electron chi connectivity index (χ1n) is 5.59. The first-order valence-corrected chi connectivity index (χ1v) is 7.71. The van der Waals surface area contributed by atoms with E-state index in [1.165, 1.54) is 21.7 Å². The molecule has 0 bridgehead atoms. The summed E-state index contributed by atoms with van der Waals surface area (Å²) < 4.78 is 0.553. The standard InChI is InChI=1S/C14H16INS/c1-10(15)8-11-6-7-17-14-9-12(16(2)3)4-5-13(11)14/h4-10H,1-3H3/b11-8+. The second-order valence-electron chi connectivity index (χ2n) is 4.30. The number of anilines is 1. The third-order valence-electron chi connectivity index (χ3n) is 2.64. The highest BCUT2D eigenvalue weighted by molar-refractivity contribution is 14.1. The van der Waals surface area contributed by atoms with E-state index in [0.717, 1.165) is 0 Å². The Hall–Kier alpha value is -0.420. The molecule has 0 saturated carbocycles. The van der Waals surface area contributed by atoms with Gasteiger partial charge in [-0.15, -0.1) is 0 Å². The van der Waals surface area contributed by atoms with Gasteiger partial charge in [-0.1, -0.05) is 46.5 Å². The van der Waals surface area contributed by atoms with E-state index in [2.05, 4.69) is 84.3 Å². The van der Waals surface area contributed by atoms with Crippen LogP contribution in [0, 0.1) is 0 Å². The normalized spacial score (nSPS) is 18.0. The smallest absolute Gasteiger partial charge is 0.0372 e. The summed E-state index contributed by atoms with van der Waals surface area (Å²) in [6, 6.07) is 6.67. The molecule has 0 amide bonds. The Morgan fingerprint density at radius 1 is 1.35 bits per heavy atom. The Morgan fingerprint density at radius 2 is 2.12 bits per heavy atom. The number of allylic oxidation sites excluding steroid dienone is 3. The molecule has 1 atom stereocenters. The second kappa shape index (κ2) is 5.48. The van der Waals surface area contributed by atoms with Gasteiger partial charge < -0.3 is 4.90 Å². The summed E-state index contributed by atoms with van der Waals surface area (Å²) >= 11 is 4.24. The molecule has 0 aliphatic carbocycles. The van der Waals surface area contributed by atoms with Crippen molar-refractivity contribution in [1.29, 1.82) is 0 Å². The van der Waals surface area contributed by atoms with Crippen LogP contribution < -0.4 is 4.90 Å². The van der Waals surface area contributed by atoms with E-state index in [4.69, 9.17) is 0 Å². The van der Waals surface area contributed by atoms with Gasteiger partial charge in [0.2, 0.25) is 0 Å². The van der Waals surface area contributed by atoms with Gasteiger partial charge in [0.15, 0.2) is 0 Å². The predicted molar refractivity (Wildman–Crippen MR) is 87.2 cm³/mol. The van der Waals surface area contributed by atoms with Crippen LogP contribution in [0.5, 0.6) is 0 Å². The van der Waals surface area contributed by atoms with Crippen LogP contribution in [0.15, 0.2) is 40.7 Å². The quantitative estimate of drug-likeness (QED) is 0.563. The summed E-state index contributed by atoms with van der Waals surface area (Å²) in [4.78, 5) is 3.49. The number of rotatable bonds is 2. The third kappa shape index (κ3) is 3.07. The minimum atomic E-state index is 0.553. The average Bonchev–Trinajstić information content (AvgIpc) is 2.28. The SMILES string of the molecule is CC(I)/C=C1\C=CSc2cc(N(C)C)ccc21. The third-order valence-corrected chi connectivity index (χ3v) is 3.87. The lowest BCUT2D eigenvalue weighted by molar-refractivity contribution is 1.12. The second-order valence-corrected chi connectivity index (χ2v) is 7.21. The first-order chi connectivity index (χ1) is 8.08. The van der Waals surface area contributed by atoms with E-state index in [0.29, 0.717) is 3.92 Å². The molecule has 1 aromatic carbocycles. The van der Waals surface area contributed by atoms with Gasteiger partial charge in [0.05, 0.1) is 0 Å². The Labute approximate surface area is 121 Å². The van der Waals surface area contributed by atoms with Crippen LogP contribution in [0.1, 0.15) is 12.5 Å². The molecular weight excluding hydrogens is 341 g/mol. The van der Waals surface area contributed by atoms with Gasteiger partial charge in [0.1, 0.15) is 0 Å². The number of halogens is 1. The minimum Gasteiger partial charge on any atom is -0.378 e. The van der Waals surface area contributed by atoms with Crippen molar-refractivity contribution in [2.24, 2.45) is 0 Å². The van der Waals surface area contributed by atoms with Crippen LogP contribution in [0.25, 0.3) is 5.57 Å². The summed E-state index contributed by atoms with van der Waals surface area (Å²) in [7, 11) is 4.16. The van der Waals surface area contributed by atoms with Gasteiger partial charge in [-0.05, 0) is 41.7 Å². The topological polar surface area (TPSA) is 3.24 Å². The summed E-state index contributed by atoms with van der Waals surface area (Å²) in [5.41, 5.74) is 3.95. The number of fused-ring (bicyclic) bond motifs is 1. The van der Waals surface area contributed by atoms with Gasteiger partial charge >= 0.3 is 0 Å². The van der Waals surface area contributed by atoms with Crippen molar-refractivity contribution in [3.8, 4) is 0 Å². The maximum atomic E-state index is 2.44. The zero-order valence-electron chi connectivity index (χ0n) is 10.3. The number of hydrogen-bond acceptors (Lipinski definition) is 2. The molecule has 0 saturated heterocycles. The number of benzene rings is 1. The van der Waals surface area contributed by atoms with Crippen LogP contribution in [0.4, 0.5) is 5.69 Å². The van der Waals surface area contributed by atoms with Crippen molar-refractivity contribution < 1.29 is 0 Å². The molecule has 17 heavy (non-hydrogen) atoms. The highest BCUT2D eigenvalue weighted by Gasteiger charge is 2.12. The predicted octanol–water partition coefficient (Wildman–Crippen LogP) is 4.58. The largest absolute Gasteiger partial charge is 0.378 e. The van der Waals surface area contributed by atoms with E-state index >= 15 is 0 Å². The molecule has 90 valence electrons. The van der Waals surface area contributed by atoms with Crippen molar-refractivity contribution in [1.82, 2.24) is 0 Å². The van der Waals surface area contributed by atoms with Gasteiger partial charge in [-0.25, -0.2) is 0 Å². The maximum absolute atomic E-state index is 2.44. The summed E-state index contributed by atoms with van der Waals surface area (Å²) in [5, 5.41) is 2.17. The molecule has 0 fully saturated rings. The van der Waals surface area contributed by atoms with Crippen molar-refractivity contribution >= 4 is 45.6 Å². The van der Waals surface area contributed by atoms with E-state index in [1.54, 1.807) is 11.8 Å². The average molecular weight is 357 g/mol. The van der Waals surface area contributed by atoms with Crippen LogP contribution >= 0.6 is 34.4 Å². The van der Waals surface area contributed by atoms with Crippen LogP contribution in [0.3, 0.4) is 0 Å². The lowest BCUT2D eigenvalue weighted by Crippen LogP contribution is -2.09.